The standard InChI is InChI=1S/C27H27N3O3S/c1-17-18(2)34-27(30-26(31)19-10-6-5-7-11-19)24(17)25(29-23-12-8-9-15-28-23)21-16-20(32-3)13-14-22(21)33-4/h5-16,25H,1-4H3,(H,28,29)(H,30,31)/t25-/m1/s1. The van der Waals surface area contributed by atoms with Crippen molar-refractivity contribution in [1.29, 1.82) is 0 Å². The summed E-state index contributed by atoms with van der Waals surface area (Å²) in [5.41, 5.74) is 3.53. The maximum atomic E-state index is 13.0. The topological polar surface area (TPSA) is 72.5 Å². The fourth-order valence-electron chi connectivity index (χ4n) is 3.82. The van der Waals surface area contributed by atoms with Crippen LogP contribution in [0.4, 0.5) is 10.8 Å². The number of carbonyl (C=O) groups excluding carboxylic acids is 1. The zero-order valence-electron chi connectivity index (χ0n) is 19.6. The molecule has 6 nitrogen and oxygen atoms in total. The summed E-state index contributed by atoms with van der Waals surface area (Å²) >= 11 is 1.56. The molecule has 0 saturated heterocycles. The van der Waals surface area contributed by atoms with Crippen molar-refractivity contribution in [2.24, 2.45) is 0 Å². The van der Waals surface area contributed by atoms with E-state index in [2.05, 4.69) is 29.5 Å². The number of aromatic nitrogens is 1. The van der Waals surface area contributed by atoms with E-state index in [1.807, 2.05) is 54.6 Å². The van der Waals surface area contributed by atoms with E-state index in [-0.39, 0.29) is 11.9 Å². The van der Waals surface area contributed by atoms with Crippen molar-refractivity contribution in [3.05, 3.63) is 100 Å². The number of carbonyl (C=O) groups is 1. The van der Waals surface area contributed by atoms with Crippen molar-refractivity contribution in [2.75, 3.05) is 24.9 Å². The Balaban J connectivity index is 1.85. The summed E-state index contributed by atoms with van der Waals surface area (Å²) in [6, 6.07) is 20.3. The van der Waals surface area contributed by atoms with Crippen LogP contribution in [0.3, 0.4) is 0 Å². The Bertz CT molecular complexity index is 1270. The van der Waals surface area contributed by atoms with Crippen molar-refractivity contribution in [3.8, 4) is 11.5 Å². The highest BCUT2D eigenvalue weighted by Crippen LogP contribution is 2.44. The monoisotopic (exact) mass is 473 g/mol. The first kappa shape index (κ1) is 23.3. The van der Waals surface area contributed by atoms with Gasteiger partial charge >= 0.3 is 0 Å². The molecule has 0 bridgehead atoms. The molecule has 2 aromatic carbocycles. The lowest BCUT2D eigenvalue weighted by molar-refractivity contribution is 0.102. The van der Waals surface area contributed by atoms with E-state index in [0.29, 0.717) is 22.9 Å². The molecule has 0 radical (unpaired) electrons. The van der Waals surface area contributed by atoms with Crippen molar-refractivity contribution in [3.63, 3.8) is 0 Å². The molecule has 0 spiro atoms. The van der Waals surface area contributed by atoms with Crippen LogP contribution in [0, 0.1) is 13.8 Å². The van der Waals surface area contributed by atoms with E-state index in [1.165, 1.54) is 0 Å². The first-order valence-electron chi connectivity index (χ1n) is 10.9. The Kier molecular flexibility index (Phi) is 7.13. The molecule has 2 aromatic heterocycles. The third-order valence-corrected chi connectivity index (χ3v) is 6.83. The number of ether oxygens (including phenoxy) is 2. The molecule has 1 amide bonds. The normalized spacial score (nSPS) is 11.5. The number of thiophene rings is 1. The highest BCUT2D eigenvalue weighted by molar-refractivity contribution is 7.16. The number of amides is 1. The highest BCUT2D eigenvalue weighted by Gasteiger charge is 2.28. The summed E-state index contributed by atoms with van der Waals surface area (Å²) in [5.74, 6) is 1.97. The van der Waals surface area contributed by atoms with Gasteiger partial charge in [-0.1, -0.05) is 24.3 Å². The lowest BCUT2D eigenvalue weighted by atomic mass is 9.95. The van der Waals surface area contributed by atoms with Gasteiger partial charge in [0.25, 0.3) is 5.91 Å². The van der Waals surface area contributed by atoms with Gasteiger partial charge in [-0.3, -0.25) is 4.79 Å². The van der Waals surface area contributed by atoms with Crippen LogP contribution in [0.15, 0.2) is 72.9 Å². The summed E-state index contributed by atoms with van der Waals surface area (Å²) in [7, 11) is 3.28. The first-order chi connectivity index (χ1) is 16.5. The summed E-state index contributed by atoms with van der Waals surface area (Å²) in [6.07, 6.45) is 1.74. The number of aryl methyl sites for hydroxylation is 1. The van der Waals surface area contributed by atoms with Crippen LogP contribution in [-0.2, 0) is 0 Å². The second-order valence-electron chi connectivity index (χ2n) is 7.75. The van der Waals surface area contributed by atoms with Gasteiger partial charge in [-0.05, 0) is 61.9 Å². The molecule has 7 heteroatoms. The Morgan fingerprint density at radius 2 is 1.74 bits per heavy atom. The number of hydrogen-bond acceptors (Lipinski definition) is 6. The second-order valence-corrected chi connectivity index (χ2v) is 8.97. The predicted molar refractivity (Wildman–Crippen MR) is 137 cm³/mol. The van der Waals surface area contributed by atoms with Gasteiger partial charge in [-0.2, -0.15) is 0 Å². The third-order valence-electron chi connectivity index (χ3n) is 5.69. The molecule has 4 aromatic rings. The molecule has 0 aliphatic heterocycles. The van der Waals surface area contributed by atoms with E-state index in [9.17, 15) is 4.79 Å². The van der Waals surface area contributed by atoms with E-state index in [1.54, 1.807) is 43.9 Å². The van der Waals surface area contributed by atoms with E-state index < -0.39 is 0 Å². The number of nitrogens with zero attached hydrogens (tertiary/aromatic N) is 1. The molecule has 0 aliphatic rings. The van der Waals surface area contributed by atoms with Gasteiger partial charge in [0.2, 0.25) is 0 Å². The molecular weight excluding hydrogens is 446 g/mol. The smallest absolute Gasteiger partial charge is 0.256 e. The lowest BCUT2D eigenvalue weighted by Crippen LogP contribution is -2.18. The van der Waals surface area contributed by atoms with Crippen LogP contribution >= 0.6 is 11.3 Å². The first-order valence-corrected chi connectivity index (χ1v) is 11.7. The maximum Gasteiger partial charge on any atom is 0.256 e. The second kappa shape index (κ2) is 10.4. The van der Waals surface area contributed by atoms with Gasteiger partial charge in [-0.15, -0.1) is 11.3 Å². The lowest BCUT2D eigenvalue weighted by Gasteiger charge is -2.24. The van der Waals surface area contributed by atoms with Crippen molar-refractivity contribution >= 4 is 28.1 Å². The number of rotatable bonds is 8. The minimum Gasteiger partial charge on any atom is -0.497 e. The predicted octanol–water partition coefficient (Wildman–Crippen LogP) is 6.23. The van der Waals surface area contributed by atoms with Crippen LogP contribution in [0.1, 0.15) is 38.0 Å². The third kappa shape index (κ3) is 4.89. The Morgan fingerprint density at radius 1 is 0.971 bits per heavy atom. The number of anilines is 2. The SMILES string of the molecule is COc1ccc(OC)c([C@@H](Nc2ccccn2)c2c(NC(=O)c3ccccc3)sc(C)c2C)c1. The molecule has 0 aliphatic carbocycles. The average molecular weight is 474 g/mol. The number of methoxy groups -OCH3 is 2. The fraction of sp³-hybridized carbons (Fsp3) is 0.185. The fourth-order valence-corrected chi connectivity index (χ4v) is 4.91. The largest absolute Gasteiger partial charge is 0.497 e. The van der Waals surface area contributed by atoms with Crippen LogP contribution in [0.2, 0.25) is 0 Å². The Hall–Kier alpha value is -3.84. The zero-order valence-corrected chi connectivity index (χ0v) is 20.4. The molecule has 0 fully saturated rings. The van der Waals surface area contributed by atoms with Gasteiger partial charge in [0.05, 0.1) is 20.3 Å². The van der Waals surface area contributed by atoms with Crippen molar-refractivity contribution < 1.29 is 14.3 Å². The molecule has 4 rings (SSSR count). The molecule has 0 saturated carbocycles. The number of pyridine rings is 1. The number of nitrogens with one attached hydrogen (secondary N) is 2. The maximum absolute atomic E-state index is 13.0. The van der Waals surface area contributed by atoms with Gasteiger partial charge in [0, 0.05) is 27.8 Å². The van der Waals surface area contributed by atoms with Crippen LogP contribution in [-0.4, -0.2) is 25.1 Å². The molecule has 0 unspecified atom stereocenters. The highest BCUT2D eigenvalue weighted by atomic mass is 32.1. The summed E-state index contributed by atoms with van der Waals surface area (Å²) in [6.45, 7) is 4.13. The van der Waals surface area contributed by atoms with Crippen LogP contribution in [0.5, 0.6) is 11.5 Å². The summed E-state index contributed by atoms with van der Waals surface area (Å²) in [4.78, 5) is 18.6. The van der Waals surface area contributed by atoms with Crippen molar-refractivity contribution in [2.45, 2.75) is 19.9 Å². The quantitative estimate of drug-likeness (QED) is 0.317. The minimum absolute atomic E-state index is 0.155. The van der Waals surface area contributed by atoms with Gasteiger partial charge in [0.1, 0.15) is 22.3 Å². The van der Waals surface area contributed by atoms with E-state index in [0.717, 1.165) is 26.6 Å². The van der Waals surface area contributed by atoms with Crippen LogP contribution in [0.25, 0.3) is 0 Å². The Labute approximate surface area is 203 Å². The number of hydrogen-bond donors (Lipinski definition) is 2. The summed E-state index contributed by atoms with van der Waals surface area (Å²) in [5, 5.41) is 7.47. The minimum atomic E-state index is -0.351. The zero-order chi connectivity index (χ0) is 24.1. The van der Waals surface area contributed by atoms with E-state index >= 15 is 0 Å². The molecule has 34 heavy (non-hydrogen) atoms. The van der Waals surface area contributed by atoms with Crippen LogP contribution < -0.4 is 20.1 Å². The van der Waals surface area contributed by atoms with E-state index in [4.69, 9.17) is 9.47 Å². The molecule has 174 valence electrons. The van der Waals surface area contributed by atoms with Crippen molar-refractivity contribution in [1.82, 2.24) is 4.98 Å². The summed E-state index contributed by atoms with van der Waals surface area (Å²) < 4.78 is 11.2. The van der Waals surface area contributed by atoms with Gasteiger partial charge in [-0.25, -0.2) is 4.98 Å². The molecule has 1 atom stereocenters. The molecule has 2 heterocycles. The molecular formula is C27H27N3O3S. The molecule has 2 N–H and O–H groups in total. The van der Waals surface area contributed by atoms with Gasteiger partial charge in [0.15, 0.2) is 0 Å². The van der Waals surface area contributed by atoms with Gasteiger partial charge < -0.3 is 20.1 Å². The average Bonchev–Trinajstić information content (AvgIpc) is 3.15. The Morgan fingerprint density at radius 3 is 2.41 bits per heavy atom. The number of benzene rings is 2.